The molecule has 0 aromatic heterocycles. The minimum atomic E-state index is -0.517. The fourth-order valence-electron chi connectivity index (χ4n) is 6.57. The van der Waals surface area contributed by atoms with Crippen molar-refractivity contribution in [3.8, 4) is 0 Å². The molecule has 3 saturated carbocycles. The maximum absolute atomic E-state index is 12.9. The second kappa shape index (κ2) is 5.29. The summed E-state index contributed by atoms with van der Waals surface area (Å²) in [7, 11) is 0. The van der Waals surface area contributed by atoms with Gasteiger partial charge in [-0.15, -0.1) is 0 Å². The molecule has 0 aliphatic heterocycles. The molecule has 132 valence electrons. The Bertz CT molecular complexity index is 503. The predicted octanol–water partition coefficient (Wildman–Crippen LogP) is 3.57. The van der Waals surface area contributed by atoms with Gasteiger partial charge in [-0.05, 0) is 54.8 Å². The lowest BCUT2D eigenvalue weighted by atomic mass is 9.43. The van der Waals surface area contributed by atoms with E-state index in [-0.39, 0.29) is 28.1 Å². The average Bonchev–Trinajstić information content (AvgIpc) is 2.87. The second-order valence-electron chi connectivity index (χ2n) is 9.40. The molecule has 0 aromatic carbocycles. The van der Waals surface area contributed by atoms with Crippen LogP contribution in [0.25, 0.3) is 0 Å². The van der Waals surface area contributed by atoms with Gasteiger partial charge < -0.3 is 10.2 Å². The third-order valence-corrected chi connectivity index (χ3v) is 8.74. The van der Waals surface area contributed by atoms with Gasteiger partial charge in [0.15, 0.2) is 0 Å². The van der Waals surface area contributed by atoms with E-state index in [4.69, 9.17) is 0 Å². The van der Waals surface area contributed by atoms with Crippen LogP contribution in [-0.4, -0.2) is 28.2 Å². The van der Waals surface area contributed by atoms with Crippen LogP contribution in [-0.2, 0) is 4.79 Å². The number of carbonyl (C=O) groups is 1. The molecular formula is C20H34O3. The zero-order valence-corrected chi connectivity index (χ0v) is 15.4. The molecule has 1 unspecified atom stereocenters. The lowest BCUT2D eigenvalue weighted by Crippen LogP contribution is -2.62. The van der Waals surface area contributed by atoms with Gasteiger partial charge in [0.05, 0.1) is 12.2 Å². The zero-order valence-electron chi connectivity index (χ0n) is 15.4. The van der Waals surface area contributed by atoms with Crippen LogP contribution in [0.5, 0.6) is 0 Å². The van der Waals surface area contributed by atoms with Crippen molar-refractivity contribution >= 4 is 5.78 Å². The minimum Gasteiger partial charge on any atom is -0.393 e. The van der Waals surface area contributed by atoms with Gasteiger partial charge in [-0.1, -0.05) is 34.6 Å². The quantitative estimate of drug-likeness (QED) is 0.776. The molecule has 3 fully saturated rings. The topological polar surface area (TPSA) is 57.5 Å². The molecule has 0 spiro atoms. The summed E-state index contributed by atoms with van der Waals surface area (Å²) >= 11 is 0. The fourth-order valence-corrected chi connectivity index (χ4v) is 6.57. The number of hydrogen-bond acceptors (Lipinski definition) is 3. The highest BCUT2D eigenvalue weighted by Crippen LogP contribution is 2.67. The van der Waals surface area contributed by atoms with E-state index in [0.29, 0.717) is 24.5 Å². The number of hydrogen-bond donors (Lipinski definition) is 2. The van der Waals surface area contributed by atoms with Gasteiger partial charge in [-0.25, -0.2) is 0 Å². The lowest BCUT2D eigenvalue weighted by molar-refractivity contribution is -0.198. The van der Waals surface area contributed by atoms with Gasteiger partial charge in [0, 0.05) is 17.8 Å². The van der Waals surface area contributed by atoms with Gasteiger partial charge in [-0.3, -0.25) is 4.79 Å². The number of Topliss-reactive ketones (excluding diaryl/α,β-unsaturated/α-hetero) is 1. The molecule has 3 rings (SSSR count). The zero-order chi connectivity index (χ0) is 17.2. The summed E-state index contributed by atoms with van der Waals surface area (Å²) in [4.78, 5) is 12.9. The van der Waals surface area contributed by atoms with Crippen LogP contribution in [0.2, 0.25) is 0 Å². The van der Waals surface area contributed by atoms with Crippen LogP contribution in [0.1, 0.15) is 73.1 Å². The van der Waals surface area contributed by atoms with Crippen LogP contribution >= 0.6 is 0 Å². The first-order valence-electron chi connectivity index (χ1n) is 9.52. The van der Waals surface area contributed by atoms with Crippen molar-refractivity contribution in [3.63, 3.8) is 0 Å². The van der Waals surface area contributed by atoms with E-state index < -0.39 is 12.2 Å². The van der Waals surface area contributed by atoms with Crippen LogP contribution in [0.4, 0.5) is 0 Å². The minimum absolute atomic E-state index is 0.0835. The Morgan fingerprint density at radius 3 is 2.43 bits per heavy atom. The lowest BCUT2D eigenvalue weighted by Gasteiger charge is -2.61. The molecule has 3 nitrogen and oxygen atoms in total. The number of ketones is 1. The van der Waals surface area contributed by atoms with Gasteiger partial charge in [0.2, 0.25) is 0 Å². The maximum atomic E-state index is 12.9. The summed E-state index contributed by atoms with van der Waals surface area (Å²) in [5.41, 5.74) is -0.743. The summed E-state index contributed by atoms with van der Waals surface area (Å²) in [5, 5.41) is 22.4. The Hall–Kier alpha value is -0.410. The van der Waals surface area contributed by atoms with Crippen LogP contribution in [0.3, 0.4) is 0 Å². The van der Waals surface area contributed by atoms with Crippen LogP contribution in [0, 0.1) is 34.0 Å². The molecule has 3 aliphatic carbocycles. The Balaban J connectivity index is 2.19. The third-order valence-electron chi connectivity index (χ3n) is 8.74. The van der Waals surface area contributed by atoms with E-state index in [9.17, 15) is 15.0 Å². The largest absolute Gasteiger partial charge is 0.393 e. The van der Waals surface area contributed by atoms with E-state index in [1.54, 1.807) is 0 Å². The molecule has 0 amide bonds. The number of carbonyl (C=O) groups excluding carboxylic acids is 1. The Labute approximate surface area is 140 Å². The SMILES string of the molecule is CC[C@]1(C)C[C@@H](O)[C@@]2(C)C3C(=O)CC[C@@]3(CC[C@H]2C)[C@@H](C)[C@@H]1O. The molecule has 3 aliphatic rings. The molecule has 2 bridgehead atoms. The van der Waals surface area contributed by atoms with E-state index in [1.165, 1.54) is 0 Å². The first-order chi connectivity index (χ1) is 10.6. The highest BCUT2D eigenvalue weighted by Gasteiger charge is 2.67. The van der Waals surface area contributed by atoms with Crippen LogP contribution < -0.4 is 0 Å². The number of aliphatic hydroxyl groups is 2. The summed E-state index contributed by atoms with van der Waals surface area (Å²) in [6.07, 6.45) is 4.07. The smallest absolute Gasteiger partial charge is 0.137 e. The van der Waals surface area contributed by atoms with E-state index in [2.05, 4.69) is 34.6 Å². The average molecular weight is 322 g/mol. The van der Waals surface area contributed by atoms with E-state index in [1.807, 2.05) is 0 Å². The van der Waals surface area contributed by atoms with Gasteiger partial charge in [0.25, 0.3) is 0 Å². The standard InChI is InChI=1S/C20H34O3/c1-6-18(4)11-15(22)19(5)12(2)7-9-20(13(3)17(18)23)10-8-14(21)16(19)20/h12-13,15-17,22-23H,6-11H2,1-5H3/t12-,13+,15-,16?,17+,18-,19+,20+/m1/s1. The van der Waals surface area contributed by atoms with Gasteiger partial charge in [0.1, 0.15) is 5.78 Å². The number of aliphatic hydroxyl groups excluding tert-OH is 2. The molecule has 0 radical (unpaired) electrons. The summed E-state index contributed by atoms with van der Waals surface area (Å²) < 4.78 is 0. The predicted molar refractivity (Wildman–Crippen MR) is 90.9 cm³/mol. The Morgan fingerprint density at radius 2 is 1.83 bits per heavy atom. The van der Waals surface area contributed by atoms with Gasteiger partial charge in [-0.2, -0.15) is 0 Å². The molecule has 8 atom stereocenters. The highest BCUT2D eigenvalue weighted by atomic mass is 16.3. The normalized spacial score (nSPS) is 56.8. The van der Waals surface area contributed by atoms with Crippen molar-refractivity contribution < 1.29 is 15.0 Å². The maximum Gasteiger partial charge on any atom is 0.137 e. The van der Waals surface area contributed by atoms with E-state index in [0.717, 1.165) is 25.7 Å². The van der Waals surface area contributed by atoms with Crippen molar-refractivity contribution in [2.75, 3.05) is 0 Å². The van der Waals surface area contributed by atoms with Crippen LogP contribution in [0.15, 0.2) is 0 Å². The van der Waals surface area contributed by atoms with Crippen molar-refractivity contribution in [1.29, 1.82) is 0 Å². The highest BCUT2D eigenvalue weighted by molar-refractivity contribution is 5.85. The number of rotatable bonds is 1. The molecular weight excluding hydrogens is 288 g/mol. The molecule has 0 heterocycles. The van der Waals surface area contributed by atoms with Gasteiger partial charge >= 0.3 is 0 Å². The molecule has 3 heteroatoms. The molecule has 0 saturated heterocycles. The van der Waals surface area contributed by atoms with Crippen molar-refractivity contribution in [1.82, 2.24) is 0 Å². The fraction of sp³-hybridized carbons (Fsp3) is 0.950. The molecule has 0 aromatic rings. The van der Waals surface area contributed by atoms with E-state index >= 15 is 0 Å². The first kappa shape index (κ1) is 17.4. The van der Waals surface area contributed by atoms with Crippen molar-refractivity contribution in [2.24, 2.45) is 34.0 Å². The first-order valence-corrected chi connectivity index (χ1v) is 9.52. The van der Waals surface area contributed by atoms with Crippen molar-refractivity contribution in [2.45, 2.75) is 85.4 Å². The third kappa shape index (κ3) is 2.05. The monoisotopic (exact) mass is 322 g/mol. The summed E-state index contributed by atoms with van der Waals surface area (Å²) in [6, 6.07) is 0. The Kier molecular flexibility index (Phi) is 4.01. The second-order valence-corrected chi connectivity index (χ2v) is 9.40. The summed E-state index contributed by atoms with van der Waals surface area (Å²) in [6.45, 7) is 10.8. The summed E-state index contributed by atoms with van der Waals surface area (Å²) in [5.74, 6) is 0.710. The van der Waals surface area contributed by atoms with Crippen molar-refractivity contribution in [3.05, 3.63) is 0 Å². The molecule has 2 N–H and O–H groups in total. The molecule has 23 heavy (non-hydrogen) atoms. The Morgan fingerprint density at radius 1 is 1.17 bits per heavy atom.